The zero-order valence-electron chi connectivity index (χ0n) is 7.40. The Morgan fingerprint density at radius 3 is 1.47 bits per heavy atom. The van der Waals surface area contributed by atoms with Crippen molar-refractivity contribution >= 4 is 16.3 Å². The molecule has 0 amide bonds. The van der Waals surface area contributed by atoms with Gasteiger partial charge in [-0.25, -0.2) is 17.6 Å². The van der Waals surface area contributed by atoms with Gasteiger partial charge in [0.25, 0.3) is 0 Å². The third kappa shape index (κ3) is 2.12. The van der Waals surface area contributed by atoms with E-state index in [1.54, 1.807) is 0 Å². The Morgan fingerprint density at radius 2 is 1.24 bits per heavy atom. The van der Waals surface area contributed by atoms with E-state index < -0.39 is 50.0 Å². The fourth-order valence-corrected chi connectivity index (χ4v) is 1.61. The summed E-state index contributed by atoms with van der Waals surface area (Å²) in [5, 5.41) is 0. The van der Waals surface area contributed by atoms with E-state index >= 15 is 0 Å². The van der Waals surface area contributed by atoms with Crippen molar-refractivity contribution < 1.29 is 39.1 Å². The van der Waals surface area contributed by atoms with Crippen molar-refractivity contribution in [3.8, 4) is 0 Å². The highest BCUT2D eigenvalue weighted by molar-refractivity contribution is 7.86. The summed E-state index contributed by atoms with van der Waals surface area (Å²) in [5.41, 5.74) is -2.27. The lowest BCUT2D eigenvalue weighted by molar-refractivity contribution is 0.0823. The number of carbonyl (C=O) groups is 1. The molecule has 0 saturated heterocycles. The summed E-state index contributed by atoms with van der Waals surface area (Å²) < 4.78 is 96.1. The maximum atomic E-state index is 12.8. The highest BCUT2D eigenvalue weighted by atomic mass is 32.3. The van der Waals surface area contributed by atoms with Crippen molar-refractivity contribution in [2.45, 2.75) is 4.90 Å². The first-order chi connectivity index (χ1) is 7.59. The lowest BCUT2D eigenvalue weighted by Gasteiger charge is -2.05. The predicted molar refractivity (Wildman–Crippen MR) is 40.0 cm³/mol. The van der Waals surface area contributed by atoms with Crippen LogP contribution in [0.25, 0.3) is 0 Å². The van der Waals surface area contributed by atoms with Crippen molar-refractivity contribution in [3.05, 3.63) is 28.8 Å². The zero-order chi connectivity index (χ0) is 13.5. The minimum Gasteiger partial charge on any atom is -0.255 e. The van der Waals surface area contributed by atoms with E-state index in [0.717, 1.165) is 0 Å². The van der Waals surface area contributed by atoms with E-state index in [2.05, 4.69) is 0 Å². The molecule has 0 aliphatic rings. The molecule has 94 valence electrons. The molecule has 0 atom stereocenters. The monoisotopic (exact) mass is 278 g/mol. The average molecular weight is 278 g/mol. The summed E-state index contributed by atoms with van der Waals surface area (Å²) in [6, 6.07) is -2.87. The van der Waals surface area contributed by atoms with Crippen LogP contribution in [0.5, 0.6) is 0 Å². The molecule has 17 heavy (non-hydrogen) atoms. The van der Waals surface area contributed by atoms with Gasteiger partial charge in [-0.1, -0.05) is 0 Å². The maximum Gasteiger partial charge on any atom is 0.338 e. The highest BCUT2D eigenvalue weighted by Gasteiger charge is 2.35. The Labute approximate surface area is 89.9 Å². The SMILES string of the molecule is O=C(F)c1c(F)c(F)c(S(=O)(=O)F)c(F)c1F. The molecule has 0 aromatic heterocycles. The lowest BCUT2D eigenvalue weighted by atomic mass is 10.2. The van der Waals surface area contributed by atoms with Crippen LogP contribution in [0, 0.1) is 23.3 Å². The number of carbonyl (C=O) groups excluding carboxylic acids is 1. The molecule has 0 radical (unpaired) electrons. The van der Waals surface area contributed by atoms with Crippen molar-refractivity contribution in [1.82, 2.24) is 0 Å². The van der Waals surface area contributed by atoms with Crippen molar-refractivity contribution in [2.24, 2.45) is 0 Å². The molecule has 3 nitrogen and oxygen atoms in total. The van der Waals surface area contributed by atoms with Crippen LogP contribution in [0.2, 0.25) is 0 Å². The summed E-state index contributed by atoms with van der Waals surface area (Å²) in [5.74, 6) is -10.7. The van der Waals surface area contributed by atoms with Gasteiger partial charge < -0.3 is 0 Å². The molecule has 0 fully saturated rings. The third-order valence-corrected chi connectivity index (χ3v) is 2.51. The van der Waals surface area contributed by atoms with Crippen molar-refractivity contribution in [3.63, 3.8) is 0 Å². The molecule has 0 N–H and O–H groups in total. The van der Waals surface area contributed by atoms with Gasteiger partial charge in [-0.2, -0.15) is 12.8 Å². The van der Waals surface area contributed by atoms with Crippen LogP contribution in [-0.4, -0.2) is 14.5 Å². The Kier molecular flexibility index (Phi) is 3.19. The molecule has 1 aromatic carbocycles. The summed E-state index contributed by atoms with van der Waals surface area (Å²) in [4.78, 5) is 7.47. The van der Waals surface area contributed by atoms with Crippen LogP contribution in [0.15, 0.2) is 4.90 Å². The van der Waals surface area contributed by atoms with Gasteiger partial charge in [0, 0.05) is 0 Å². The molecule has 10 heteroatoms. The van der Waals surface area contributed by atoms with E-state index in [-0.39, 0.29) is 0 Å². The van der Waals surface area contributed by atoms with Gasteiger partial charge in [0.15, 0.2) is 28.2 Å². The molecule has 1 rings (SSSR count). The summed E-state index contributed by atoms with van der Waals surface area (Å²) in [6.07, 6.45) is 0. The topological polar surface area (TPSA) is 51.2 Å². The van der Waals surface area contributed by atoms with Gasteiger partial charge in [0.05, 0.1) is 0 Å². The number of benzene rings is 1. The Bertz CT molecular complexity index is 580. The van der Waals surface area contributed by atoms with Gasteiger partial charge in [-0.05, 0) is 0 Å². The van der Waals surface area contributed by atoms with E-state index in [0.29, 0.717) is 0 Å². The van der Waals surface area contributed by atoms with Gasteiger partial charge >= 0.3 is 16.3 Å². The molecule has 0 bridgehead atoms. The van der Waals surface area contributed by atoms with Crippen LogP contribution < -0.4 is 0 Å². The van der Waals surface area contributed by atoms with E-state index in [9.17, 15) is 39.1 Å². The summed E-state index contributed by atoms with van der Waals surface area (Å²) in [7, 11) is -6.12. The Balaban J connectivity index is 3.91. The first kappa shape index (κ1) is 13.5. The molecule has 0 heterocycles. The quantitative estimate of drug-likeness (QED) is 0.472. The molecule has 0 aliphatic carbocycles. The molecule has 1 aromatic rings. The third-order valence-electron chi connectivity index (χ3n) is 1.66. The second-order valence-corrected chi connectivity index (χ2v) is 3.96. The van der Waals surface area contributed by atoms with E-state index in [4.69, 9.17) is 0 Å². The summed E-state index contributed by atoms with van der Waals surface area (Å²) >= 11 is 0. The first-order valence-corrected chi connectivity index (χ1v) is 4.97. The summed E-state index contributed by atoms with van der Waals surface area (Å²) in [6.45, 7) is 0. The minimum absolute atomic E-state index is 2.27. The minimum atomic E-state index is -6.12. The Morgan fingerprint density at radius 1 is 0.882 bits per heavy atom. The second kappa shape index (κ2) is 4.02. The number of hydrogen-bond donors (Lipinski definition) is 0. The molecular formula is C7F6O3S. The first-order valence-electron chi connectivity index (χ1n) is 3.59. The van der Waals surface area contributed by atoms with Crippen molar-refractivity contribution in [1.29, 1.82) is 0 Å². The standard InChI is InChI=1S/C7F6O3S/c8-2-1(7(12)14)3(9)5(11)6(4(2)10)17(13,15)16. The van der Waals surface area contributed by atoms with Crippen LogP contribution >= 0.6 is 0 Å². The molecule has 0 aliphatic heterocycles. The number of hydrogen-bond acceptors (Lipinski definition) is 3. The number of rotatable bonds is 2. The van der Waals surface area contributed by atoms with Gasteiger partial charge in [0.2, 0.25) is 0 Å². The molecule has 0 spiro atoms. The largest absolute Gasteiger partial charge is 0.338 e. The van der Waals surface area contributed by atoms with Crippen LogP contribution in [-0.2, 0) is 10.2 Å². The highest BCUT2D eigenvalue weighted by Crippen LogP contribution is 2.29. The van der Waals surface area contributed by atoms with Gasteiger partial charge in [0.1, 0.15) is 5.56 Å². The molecular weight excluding hydrogens is 278 g/mol. The lowest BCUT2D eigenvalue weighted by Crippen LogP contribution is -2.12. The van der Waals surface area contributed by atoms with E-state index in [1.165, 1.54) is 0 Å². The number of halogens is 6. The van der Waals surface area contributed by atoms with Gasteiger partial charge in [-0.15, -0.1) is 3.89 Å². The predicted octanol–water partition coefficient (Wildman–Crippen LogP) is 2.01. The van der Waals surface area contributed by atoms with E-state index in [1.807, 2.05) is 0 Å². The smallest absolute Gasteiger partial charge is 0.255 e. The van der Waals surface area contributed by atoms with Crippen LogP contribution in [0.3, 0.4) is 0 Å². The average Bonchev–Trinajstić information content (AvgIpc) is 2.12. The van der Waals surface area contributed by atoms with Crippen LogP contribution in [0.1, 0.15) is 10.4 Å². The van der Waals surface area contributed by atoms with Crippen LogP contribution in [0.4, 0.5) is 25.8 Å². The Hall–Kier alpha value is -1.58. The van der Waals surface area contributed by atoms with Gasteiger partial charge in [-0.3, -0.25) is 4.79 Å². The normalized spacial score (nSPS) is 11.6. The molecule has 0 unspecified atom stereocenters. The molecule has 0 saturated carbocycles. The fraction of sp³-hybridized carbons (Fsp3) is 0. The fourth-order valence-electron chi connectivity index (χ4n) is 0.998. The zero-order valence-corrected chi connectivity index (χ0v) is 8.22. The second-order valence-electron chi connectivity index (χ2n) is 2.67. The van der Waals surface area contributed by atoms with Crippen molar-refractivity contribution in [2.75, 3.05) is 0 Å². The maximum absolute atomic E-state index is 12.8.